The van der Waals surface area contributed by atoms with Gasteiger partial charge in [0.15, 0.2) is 30.1 Å². The summed E-state index contributed by atoms with van der Waals surface area (Å²) in [6.45, 7) is 13.6. The number of carbonyl (C=O) groups excluding carboxylic acids is 6. The molecule has 5 aliphatic heterocycles. The van der Waals surface area contributed by atoms with Crippen molar-refractivity contribution in [1.82, 2.24) is 4.90 Å². The van der Waals surface area contributed by atoms with Crippen molar-refractivity contribution in [3.8, 4) is 0 Å². The van der Waals surface area contributed by atoms with Crippen molar-refractivity contribution in [2.45, 2.75) is 160 Å². The lowest BCUT2D eigenvalue weighted by atomic mass is 9.88. The van der Waals surface area contributed by atoms with Crippen molar-refractivity contribution in [3.05, 3.63) is 0 Å². The van der Waals surface area contributed by atoms with Crippen molar-refractivity contribution in [1.29, 1.82) is 0 Å². The number of fused-ring (bicyclic) bond motifs is 4. The van der Waals surface area contributed by atoms with E-state index >= 15 is 0 Å². The summed E-state index contributed by atoms with van der Waals surface area (Å²) in [6, 6.07) is -1.50. The SMILES string of the molecule is COC(=O)[C@@]1(OC[C@H]2O[C@@H]3OC(C)(C)O[C@@H]3[C@H]3OC(C)(C)O[C@H]32)C[C@@H]2OC(=O)N(C(=O)OC(C)(C)C)[C@H]2[C@H]([C@H](OC(C)=O)[C@@H](COC(C)=O)OC(C)=O)O1. The Morgan fingerprint density at radius 1 is 0.852 bits per heavy atom. The molecular formula is C34H49NO19. The number of rotatable bonds is 10. The Hall–Kier alpha value is -3.66. The van der Waals surface area contributed by atoms with Crippen LogP contribution in [0.3, 0.4) is 0 Å². The molecule has 20 heteroatoms. The van der Waals surface area contributed by atoms with Gasteiger partial charge in [0.25, 0.3) is 5.79 Å². The zero-order valence-electron chi connectivity index (χ0n) is 32.1. The molecule has 20 nitrogen and oxygen atoms in total. The molecule has 5 rings (SSSR count). The van der Waals surface area contributed by atoms with Crippen LogP contribution in [0.1, 0.15) is 75.7 Å². The van der Waals surface area contributed by atoms with Gasteiger partial charge in [-0.1, -0.05) is 0 Å². The van der Waals surface area contributed by atoms with Crippen LogP contribution in [0, 0.1) is 0 Å². The molecule has 5 saturated heterocycles. The van der Waals surface area contributed by atoms with Crippen LogP contribution in [0.5, 0.6) is 0 Å². The van der Waals surface area contributed by atoms with Gasteiger partial charge in [-0.15, -0.1) is 0 Å². The minimum Gasteiger partial charge on any atom is -0.465 e. The van der Waals surface area contributed by atoms with Gasteiger partial charge in [-0.3, -0.25) is 14.4 Å². The van der Waals surface area contributed by atoms with Gasteiger partial charge in [-0.25, -0.2) is 19.3 Å². The molecule has 11 atom stereocenters. The fraction of sp³-hybridized carbons (Fsp3) is 0.824. The molecule has 0 bridgehead atoms. The Kier molecular flexibility index (Phi) is 11.6. The second-order valence-corrected chi connectivity index (χ2v) is 15.3. The normalized spacial score (nSPS) is 34.6. The summed E-state index contributed by atoms with van der Waals surface area (Å²) in [6.07, 6.45) is -13.6. The largest absolute Gasteiger partial charge is 0.465 e. The zero-order chi connectivity index (χ0) is 40.1. The Labute approximate surface area is 311 Å². The Morgan fingerprint density at radius 3 is 2.06 bits per heavy atom. The maximum atomic E-state index is 13.9. The molecule has 5 aliphatic rings. The molecule has 54 heavy (non-hydrogen) atoms. The van der Waals surface area contributed by atoms with E-state index in [4.69, 9.17) is 61.6 Å². The molecule has 0 aromatic carbocycles. The van der Waals surface area contributed by atoms with E-state index in [1.807, 2.05) is 0 Å². The van der Waals surface area contributed by atoms with Crippen LogP contribution in [0.4, 0.5) is 9.59 Å². The predicted molar refractivity (Wildman–Crippen MR) is 173 cm³/mol. The summed E-state index contributed by atoms with van der Waals surface area (Å²) < 4.78 is 75.8. The molecule has 304 valence electrons. The molecular weight excluding hydrogens is 726 g/mol. The van der Waals surface area contributed by atoms with Crippen LogP contribution in [0.25, 0.3) is 0 Å². The topological polar surface area (TPSA) is 226 Å². The van der Waals surface area contributed by atoms with Crippen LogP contribution in [0.15, 0.2) is 0 Å². The first-order valence-electron chi connectivity index (χ1n) is 17.4. The minimum absolute atomic E-state index is 0.449. The standard InChI is InChI=1S/C34H49NO19/c1-15(36)43-13-19(45-16(2)37)22(46-17(3)38)24-21-18(48-29(40)35(21)30(41)54-31(4,5)6)12-34(52-24,28(39)42-11)44-14-20-23-25(50-32(7,8)49-23)26-27(47-20)53-33(9,10)51-26/h18-27H,12-14H2,1-11H3/t18-,19+,20+,21+,22+,23-,24+,25-,26+,27+,34+/m0/s1. The summed E-state index contributed by atoms with van der Waals surface area (Å²) in [5, 5.41) is 0. The number of amides is 2. The Bertz CT molecular complexity index is 1490. The molecule has 0 unspecified atom stereocenters. The van der Waals surface area contributed by atoms with Crippen molar-refractivity contribution in [3.63, 3.8) is 0 Å². The highest BCUT2D eigenvalue weighted by Crippen LogP contribution is 2.46. The van der Waals surface area contributed by atoms with Crippen molar-refractivity contribution in [2.24, 2.45) is 0 Å². The van der Waals surface area contributed by atoms with Crippen molar-refractivity contribution in [2.75, 3.05) is 20.3 Å². The second-order valence-electron chi connectivity index (χ2n) is 15.3. The monoisotopic (exact) mass is 775 g/mol. The molecule has 5 fully saturated rings. The smallest absolute Gasteiger partial charge is 0.420 e. The molecule has 0 spiro atoms. The Morgan fingerprint density at radius 2 is 1.46 bits per heavy atom. The van der Waals surface area contributed by atoms with E-state index < -0.39 is 140 Å². The molecule has 2 amide bonds. The quantitative estimate of drug-likeness (QED) is 0.227. The first kappa shape index (κ1) is 41.5. The first-order valence-corrected chi connectivity index (χ1v) is 17.4. The van der Waals surface area contributed by atoms with Crippen molar-refractivity contribution >= 4 is 36.1 Å². The van der Waals surface area contributed by atoms with Gasteiger partial charge >= 0.3 is 36.1 Å². The highest BCUT2D eigenvalue weighted by molar-refractivity contribution is 5.90. The van der Waals surface area contributed by atoms with Crippen LogP contribution in [-0.4, -0.2) is 145 Å². The van der Waals surface area contributed by atoms with Gasteiger partial charge in [0.1, 0.15) is 54.9 Å². The molecule has 5 heterocycles. The van der Waals surface area contributed by atoms with Crippen LogP contribution < -0.4 is 0 Å². The maximum Gasteiger partial charge on any atom is 0.420 e. The van der Waals surface area contributed by atoms with E-state index in [1.54, 1.807) is 48.5 Å². The number of hydrogen-bond acceptors (Lipinski definition) is 19. The maximum absolute atomic E-state index is 13.9. The second kappa shape index (κ2) is 15.1. The van der Waals surface area contributed by atoms with E-state index in [0.717, 1.165) is 27.9 Å². The third-order valence-corrected chi connectivity index (χ3v) is 8.84. The molecule has 0 N–H and O–H groups in total. The average Bonchev–Trinajstić information content (AvgIpc) is 3.66. The molecule has 0 saturated carbocycles. The summed E-state index contributed by atoms with van der Waals surface area (Å²) in [7, 11) is 1.05. The van der Waals surface area contributed by atoms with Gasteiger partial charge in [0.05, 0.1) is 20.1 Å². The predicted octanol–water partition coefficient (Wildman–Crippen LogP) is 1.61. The van der Waals surface area contributed by atoms with Gasteiger partial charge in [-0.05, 0) is 48.5 Å². The highest BCUT2D eigenvalue weighted by atomic mass is 16.9. The molecule has 0 aromatic heterocycles. The number of carbonyl (C=O) groups is 6. The fourth-order valence-electron chi connectivity index (χ4n) is 7.07. The number of esters is 4. The van der Waals surface area contributed by atoms with Crippen LogP contribution in [0.2, 0.25) is 0 Å². The Balaban J connectivity index is 1.56. The van der Waals surface area contributed by atoms with E-state index in [2.05, 4.69) is 0 Å². The number of hydrogen-bond donors (Lipinski definition) is 0. The molecule has 0 aliphatic carbocycles. The highest BCUT2D eigenvalue weighted by Gasteiger charge is 2.66. The van der Waals surface area contributed by atoms with Gasteiger partial charge in [-0.2, -0.15) is 0 Å². The van der Waals surface area contributed by atoms with E-state index in [0.29, 0.717) is 4.90 Å². The minimum atomic E-state index is -2.47. The summed E-state index contributed by atoms with van der Waals surface area (Å²) in [5.41, 5.74) is -1.09. The lowest BCUT2D eigenvalue weighted by Gasteiger charge is -2.47. The zero-order valence-corrected chi connectivity index (χ0v) is 32.1. The van der Waals surface area contributed by atoms with E-state index in [1.165, 1.54) is 0 Å². The summed E-state index contributed by atoms with van der Waals surface area (Å²) in [4.78, 5) is 78.4. The number of nitrogens with zero attached hydrogens (tertiary/aromatic N) is 1. The lowest BCUT2D eigenvalue weighted by molar-refractivity contribution is -0.325. The van der Waals surface area contributed by atoms with E-state index in [9.17, 15) is 28.8 Å². The van der Waals surface area contributed by atoms with Crippen molar-refractivity contribution < 1.29 is 90.3 Å². The first-order chi connectivity index (χ1) is 24.9. The third-order valence-electron chi connectivity index (χ3n) is 8.84. The van der Waals surface area contributed by atoms with E-state index in [-0.39, 0.29) is 0 Å². The van der Waals surface area contributed by atoms with Gasteiger partial charge < -0.3 is 61.6 Å². The van der Waals surface area contributed by atoms with Crippen LogP contribution in [-0.2, 0) is 80.8 Å². The van der Waals surface area contributed by atoms with Gasteiger partial charge in [0, 0.05) is 20.8 Å². The van der Waals surface area contributed by atoms with Gasteiger partial charge in [0.2, 0.25) is 0 Å². The average molecular weight is 776 g/mol. The molecule has 0 radical (unpaired) electrons. The van der Waals surface area contributed by atoms with Crippen LogP contribution >= 0.6 is 0 Å². The number of methoxy groups -OCH3 is 1. The number of imide groups is 1. The lowest BCUT2D eigenvalue weighted by Crippen LogP contribution is -2.68. The third kappa shape index (κ3) is 8.90. The molecule has 0 aromatic rings. The summed E-state index contributed by atoms with van der Waals surface area (Å²) in [5.74, 6) is -8.32. The number of ether oxygens (including phenoxy) is 13. The fourth-order valence-corrected chi connectivity index (χ4v) is 7.07. The summed E-state index contributed by atoms with van der Waals surface area (Å²) >= 11 is 0.